The largest absolute Gasteiger partial charge is 0.493 e. The minimum absolute atomic E-state index is 0. The number of carbonyl (C=O) groups is 1. The number of piperidine rings is 1. The van der Waals surface area contributed by atoms with E-state index in [1.807, 2.05) is 0 Å². The van der Waals surface area contributed by atoms with Crippen molar-refractivity contribution in [1.29, 1.82) is 0 Å². The zero-order valence-electron chi connectivity index (χ0n) is 16.5. The molecular weight excluding hydrogens is 395 g/mol. The fourth-order valence-corrected chi connectivity index (χ4v) is 3.92. The number of nitrogens with zero attached hydrogens (tertiary/aromatic N) is 2. The van der Waals surface area contributed by atoms with Crippen LogP contribution in [0.4, 0.5) is 10.1 Å². The molecule has 2 heterocycles. The van der Waals surface area contributed by atoms with E-state index in [1.165, 1.54) is 25.3 Å². The molecule has 0 aliphatic carbocycles. The summed E-state index contributed by atoms with van der Waals surface area (Å²) in [6.45, 7) is 3.88. The van der Waals surface area contributed by atoms with E-state index in [-0.39, 0.29) is 30.7 Å². The summed E-state index contributed by atoms with van der Waals surface area (Å²) in [4.78, 5) is 16.7. The highest BCUT2D eigenvalue weighted by Crippen LogP contribution is 2.36. The first-order valence-corrected chi connectivity index (χ1v) is 9.80. The molecule has 0 aromatic heterocycles. The number of methoxy groups -OCH3 is 1. The maximum absolute atomic E-state index is 14.1. The zero-order valence-corrected chi connectivity index (χ0v) is 17.3. The maximum Gasteiger partial charge on any atom is 0.259 e. The van der Waals surface area contributed by atoms with E-state index in [9.17, 15) is 9.18 Å². The molecule has 4 rings (SSSR count). The van der Waals surface area contributed by atoms with E-state index >= 15 is 0 Å². The molecule has 2 aliphatic rings. The lowest BCUT2D eigenvalue weighted by Gasteiger charge is -2.26. The van der Waals surface area contributed by atoms with Crippen molar-refractivity contribution in [2.75, 3.05) is 38.3 Å². The van der Waals surface area contributed by atoms with Crippen molar-refractivity contribution in [2.45, 2.75) is 25.8 Å². The Hall–Kier alpha value is -2.31. The predicted octanol–water partition coefficient (Wildman–Crippen LogP) is 4.28. The lowest BCUT2D eigenvalue weighted by Crippen LogP contribution is -2.33. The van der Waals surface area contributed by atoms with Crippen LogP contribution in [0.15, 0.2) is 36.4 Å². The summed E-state index contributed by atoms with van der Waals surface area (Å²) >= 11 is 0. The number of carbonyl (C=O) groups excluding carboxylic acids is 1. The standard InChI is InChI=1S/C22H25FN2O3.ClH/c1-27-20-9-8-16(14-21(20)28-13-12-24-10-3-2-4-11-24)25-15-18-17(22(25)26)6-5-7-19(18)23;/h5-9,14H,2-4,10-13,15H2,1H3;1H. The number of fused-ring (bicyclic) bond motifs is 1. The molecule has 0 spiro atoms. The number of halogens is 2. The van der Waals surface area contributed by atoms with Crippen molar-refractivity contribution in [1.82, 2.24) is 4.90 Å². The molecule has 0 atom stereocenters. The molecule has 0 unspecified atom stereocenters. The minimum atomic E-state index is -0.347. The van der Waals surface area contributed by atoms with Gasteiger partial charge in [0.25, 0.3) is 5.91 Å². The van der Waals surface area contributed by atoms with Gasteiger partial charge in [-0.05, 0) is 50.2 Å². The fraction of sp³-hybridized carbons (Fsp3) is 0.409. The normalized spacial score (nSPS) is 16.3. The minimum Gasteiger partial charge on any atom is -0.493 e. The molecule has 2 aromatic rings. The average molecular weight is 421 g/mol. The molecule has 7 heteroatoms. The third-order valence-electron chi connectivity index (χ3n) is 5.48. The molecule has 0 bridgehead atoms. The van der Waals surface area contributed by atoms with E-state index in [0.29, 0.717) is 34.9 Å². The highest BCUT2D eigenvalue weighted by molar-refractivity contribution is 6.10. The van der Waals surface area contributed by atoms with E-state index < -0.39 is 0 Å². The molecule has 2 aromatic carbocycles. The van der Waals surface area contributed by atoms with Crippen LogP contribution in [0.5, 0.6) is 11.5 Å². The molecule has 2 aliphatic heterocycles. The maximum atomic E-state index is 14.1. The van der Waals surface area contributed by atoms with Crippen LogP contribution in [0, 0.1) is 5.82 Å². The summed E-state index contributed by atoms with van der Waals surface area (Å²) in [5, 5.41) is 0. The molecule has 1 saturated heterocycles. The molecule has 156 valence electrons. The second kappa shape index (κ2) is 9.46. The summed E-state index contributed by atoms with van der Waals surface area (Å²) in [6.07, 6.45) is 3.79. The second-order valence-corrected chi connectivity index (χ2v) is 7.24. The Morgan fingerprint density at radius 1 is 1.07 bits per heavy atom. The highest BCUT2D eigenvalue weighted by Gasteiger charge is 2.31. The number of hydrogen-bond donors (Lipinski definition) is 0. The molecule has 0 radical (unpaired) electrons. The Kier molecular flexibility index (Phi) is 6.98. The van der Waals surface area contributed by atoms with Crippen LogP contribution < -0.4 is 14.4 Å². The first-order valence-electron chi connectivity index (χ1n) is 9.80. The number of ether oxygens (including phenoxy) is 2. The van der Waals surface area contributed by atoms with Crippen molar-refractivity contribution in [3.8, 4) is 11.5 Å². The summed E-state index contributed by atoms with van der Waals surface area (Å²) < 4.78 is 25.5. The van der Waals surface area contributed by atoms with Gasteiger partial charge >= 0.3 is 0 Å². The molecule has 0 N–H and O–H groups in total. The third kappa shape index (κ3) is 4.49. The average Bonchev–Trinajstić information content (AvgIpc) is 3.07. The van der Waals surface area contributed by atoms with E-state index in [0.717, 1.165) is 19.6 Å². The van der Waals surface area contributed by atoms with Crippen LogP contribution in [0.3, 0.4) is 0 Å². The van der Waals surface area contributed by atoms with Gasteiger partial charge in [-0.1, -0.05) is 12.5 Å². The van der Waals surface area contributed by atoms with Gasteiger partial charge in [0.2, 0.25) is 0 Å². The van der Waals surface area contributed by atoms with Gasteiger partial charge in [-0.15, -0.1) is 12.4 Å². The van der Waals surface area contributed by atoms with Gasteiger partial charge in [0.1, 0.15) is 12.4 Å². The number of likely N-dealkylation sites (tertiary alicyclic amines) is 1. The first kappa shape index (κ1) is 21.4. The summed E-state index contributed by atoms with van der Waals surface area (Å²) in [5.41, 5.74) is 1.54. The number of benzene rings is 2. The smallest absolute Gasteiger partial charge is 0.259 e. The van der Waals surface area contributed by atoms with Crippen molar-refractivity contribution in [3.05, 3.63) is 53.3 Å². The Bertz CT molecular complexity index is 871. The van der Waals surface area contributed by atoms with Crippen LogP contribution in [0.2, 0.25) is 0 Å². The van der Waals surface area contributed by atoms with E-state index in [2.05, 4.69) is 4.90 Å². The van der Waals surface area contributed by atoms with E-state index in [1.54, 1.807) is 42.3 Å². The first-order chi connectivity index (χ1) is 13.7. The highest BCUT2D eigenvalue weighted by atomic mass is 35.5. The van der Waals surface area contributed by atoms with Crippen LogP contribution >= 0.6 is 12.4 Å². The quantitative estimate of drug-likeness (QED) is 0.699. The van der Waals surface area contributed by atoms with Gasteiger partial charge < -0.3 is 14.4 Å². The van der Waals surface area contributed by atoms with Gasteiger partial charge in [0.15, 0.2) is 11.5 Å². The van der Waals surface area contributed by atoms with Crippen molar-refractivity contribution in [3.63, 3.8) is 0 Å². The monoisotopic (exact) mass is 420 g/mol. The Labute approximate surface area is 176 Å². The van der Waals surface area contributed by atoms with Gasteiger partial charge in [-0.25, -0.2) is 4.39 Å². The van der Waals surface area contributed by atoms with Crippen molar-refractivity contribution >= 4 is 24.0 Å². The van der Waals surface area contributed by atoms with Crippen molar-refractivity contribution < 1.29 is 18.7 Å². The van der Waals surface area contributed by atoms with Crippen LogP contribution in [-0.4, -0.2) is 44.2 Å². The molecule has 5 nitrogen and oxygen atoms in total. The van der Waals surface area contributed by atoms with Gasteiger partial charge in [-0.3, -0.25) is 9.69 Å². The molecule has 0 saturated carbocycles. The lowest BCUT2D eigenvalue weighted by atomic mass is 10.1. The fourth-order valence-electron chi connectivity index (χ4n) is 3.92. The van der Waals surface area contributed by atoms with Gasteiger partial charge in [0, 0.05) is 29.4 Å². The molecule has 1 fully saturated rings. The predicted molar refractivity (Wildman–Crippen MR) is 113 cm³/mol. The lowest BCUT2D eigenvalue weighted by molar-refractivity contribution is 0.0996. The number of amides is 1. The topological polar surface area (TPSA) is 42.0 Å². The van der Waals surface area contributed by atoms with Gasteiger partial charge in [-0.2, -0.15) is 0 Å². The number of anilines is 1. The van der Waals surface area contributed by atoms with E-state index in [4.69, 9.17) is 9.47 Å². The summed E-state index contributed by atoms with van der Waals surface area (Å²) in [7, 11) is 1.60. The molecule has 1 amide bonds. The SMILES string of the molecule is COc1ccc(N2Cc3c(F)cccc3C2=O)cc1OCCN1CCCCC1.Cl. The Morgan fingerprint density at radius 2 is 1.86 bits per heavy atom. The second-order valence-electron chi connectivity index (χ2n) is 7.24. The van der Waals surface area contributed by atoms with Crippen LogP contribution in [-0.2, 0) is 6.54 Å². The molecule has 29 heavy (non-hydrogen) atoms. The number of rotatable bonds is 6. The van der Waals surface area contributed by atoms with Crippen molar-refractivity contribution in [2.24, 2.45) is 0 Å². The Morgan fingerprint density at radius 3 is 2.59 bits per heavy atom. The molecular formula is C22H26ClFN2O3. The zero-order chi connectivity index (χ0) is 19.5. The van der Waals surface area contributed by atoms with Crippen LogP contribution in [0.1, 0.15) is 35.2 Å². The number of hydrogen-bond acceptors (Lipinski definition) is 4. The van der Waals surface area contributed by atoms with Gasteiger partial charge in [0.05, 0.1) is 13.7 Å². The summed E-state index contributed by atoms with van der Waals surface area (Å²) in [5.74, 6) is 0.678. The Balaban J connectivity index is 0.00000240. The summed E-state index contributed by atoms with van der Waals surface area (Å²) in [6, 6.07) is 10.0. The van der Waals surface area contributed by atoms with Crippen LogP contribution in [0.25, 0.3) is 0 Å². The third-order valence-corrected chi connectivity index (χ3v) is 5.48.